The predicted octanol–water partition coefficient (Wildman–Crippen LogP) is 0.901. The molecular formula is C14H27N3O4. The lowest BCUT2D eigenvalue weighted by molar-refractivity contribution is -0.142. The molecule has 3 N–H and O–H groups in total. The van der Waals surface area contributed by atoms with Crippen molar-refractivity contribution in [1.82, 2.24) is 15.5 Å². The molecule has 122 valence electrons. The minimum Gasteiger partial charge on any atom is -0.481 e. The van der Waals surface area contributed by atoms with Gasteiger partial charge in [0, 0.05) is 33.6 Å². The van der Waals surface area contributed by atoms with Crippen molar-refractivity contribution in [3.05, 3.63) is 0 Å². The van der Waals surface area contributed by atoms with Gasteiger partial charge in [0.2, 0.25) is 5.91 Å². The van der Waals surface area contributed by atoms with Crippen LogP contribution in [-0.4, -0.2) is 55.1 Å². The van der Waals surface area contributed by atoms with Crippen LogP contribution in [0.15, 0.2) is 0 Å². The van der Waals surface area contributed by atoms with Crippen LogP contribution in [0.3, 0.4) is 0 Å². The van der Waals surface area contributed by atoms with Gasteiger partial charge < -0.3 is 20.6 Å². The molecule has 7 heteroatoms. The molecule has 3 amide bonds. The smallest absolute Gasteiger partial charge is 0.317 e. The predicted molar refractivity (Wildman–Crippen MR) is 79.9 cm³/mol. The maximum absolute atomic E-state index is 11.8. The Bertz CT molecular complexity index is 377. The van der Waals surface area contributed by atoms with E-state index < -0.39 is 11.9 Å². The van der Waals surface area contributed by atoms with E-state index in [0.717, 1.165) is 0 Å². The number of carboxylic acid groups (broad SMARTS) is 1. The lowest BCUT2D eigenvalue weighted by Crippen LogP contribution is -2.42. The number of hydrogen-bond acceptors (Lipinski definition) is 3. The monoisotopic (exact) mass is 301 g/mol. The molecule has 21 heavy (non-hydrogen) atoms. The second-order valence-electron chi connectivity index (χ2n) is 6.33. The van der Waals surface area contributed by atoms with Gasteiger partial charge in [-0.05, 0) is 11.8 Å². The highest BCUT2D eigenvalue weighted by atomic mass is 16.4. The third-order valence-corrected chi connectivity index (χ3v) is 3.01. The molecule has 0 aromatic rings. The van der Waals surface area contributed by atoms with Crippen molar-refractivity contribution in [3.63, 3.8) is 0 Å². The fourth-order valence-corrected chi connectivity index (χ4v) is 1.83. The molecule has 1 unspecified atom stereocenters. The normalized spacial score (nSPS) is 12.4. The Balaban J connectivity index is 4.30. The van der Waals surface area contributed by atoms with Crippen LogP contribution < -0.4 is 10.6 Å². The zero-order valence-electron chi connectivity index (χ0n) is 13.5. The Labute approximate surface area is 126 Å². The average Bonchev–Trinajstić information content (AvgIpc) is 2.38. The van der Waals surface area contributed by atoms with Gasteiger partial charge in [-0.25, -0.2) is 4.79 Å². The molecule has 0 heterocycles. The third-order valence-electron chi connectivity index (χ3n) is 3.01. The van der Waals surface area contributed by atoms with Gasteiger partial charge in [0.1, 0.15) is 0 Å². The standard InChI is InChI=1S/C14H27N3O4/c1-14(2,3)8-10(12(19)20)9-16-13(21)17(5)7-6-11(18)15-4/h10H,6-9H2,1-5H3,(H,15,18)(H,16,21)(H,19,20). The molecule has 0 rings (SSSR count). The lowest BCUT2D eigenvalue weighted by atomic mass is 9.84. The number of carbonyl (C=O) groups excluding carboxylic acids is 2. The van der Waals surface area contributed by atoms with Crippen molar-refractivity contribution in [2.75, 3.05) is 27.2 Å². The van der Waals surface area contributed by atoms with Crippen molar-refractivity contribution >= 4 is 17.9 Å². The number of urea groups is 1. The maximum Gasteiger partial charge on any atom is 0.317 e. The summed E-state index contributed by atoms with van der Waals surface area (Å²) in [5.74, 6) is -1.69. The van der Waals surface area contributed by atoms with Gasteiger partial charge in [-0.1, -0.05) is 20.8 Å². The first-order valence-corrected chi connectivity index (χ1v) is 6.99. The van der Waals surface area contributed by atoms with Gasteiger partial charge in [-0.15, -0.1) is 0 Å². The summed E-state index contributed by atoms with van der Waals surface area (Å²) in [4.78, 5) is 35.5. The van der Waals surface area contributed by atoms with E-state index in [-0.39, 0.29) is 36.9 Å². The summed E-state index contributed by atoms with van der Waals surface area (Å²) >= 11 is 0. The van der Waals surface area contributed by atoms with Gasteiger partial charge >= 0.3 is 12.0 Å². The zero-order chi connectivity index (χ0) is 16.6. The fraction of sp³-hybridized carbons (Fsp3) is 0.786. The molecule has 0 aromatic carbocycles. The first-order valence-electron chi connectivity index (χ1n) is 6.99. The van der Waals surface area contributed by atoms with Crippen LogP contribution in [0.5, 0.6) is 0 Å². The number of carboxylic acids is 1. The maximum atomic E-state index is 11.8. The Kier molecular flexibility index (Phi) is 7.76. The molecule has 0 radical (unpaired) electrons. The van der Waals surface area contributed by atoms with Crippen molar-refractivity contribution in [1.29, 1.82) is 0 Å². The van der Waals surface area contributed by atoms with Gasteiger partial charge in [0.05, 0.1) is 5.92 Å². The number of aliphatic carboxylic acids is 1. The Morgan fingerprint density at radius 3 is 2.24 bits per heavy atom. The van der Waals surface area contributed by atoms with E-state index in [1.807, 2.05) is 20.8 Å². The summed E-state index contributed by atoms with van der Waals surface area (Å²) in [6.07, 6.45) is 0.690. The van der Waals surface area contributed by atoms with Crippen LogP contribution in [0.25, 0.3) is 0 Å². The molecule has 0 saturated carbocycles. The quantitative estimate of drug-likeness (QED) is 0.650. The zero-order valence-corrected chi connectivity index (χ0v) is 13.5. The van der Waals surface area contributed by atoms with Gasteiger partial charge in [-0.3, -0.25) is 9.59 Å². The average molecular weight is 301 g/mol. The van der Waals surface area contributed by atoms with Gasteiger partial charge in [-0.2, -0.15) is 0 Å². The fourth-order valence-electron chi connectivity index (χ4n) is 1.83. The van der Waals surface area contributed by atoms with E-state index in [0.29, 0.717) is 6.42 Å². The SMILES string of the molecule is CNC(=O)CCN(C)C(=O)NCC(CC(C)(C)C)C(=O)O. The number of amides is 3. The molecule has 7 nitrogen and oxygen atoms in total. The van der Waals surface area contributed by atoms with Crippen LogP contribution in [0.4, 0.5) is 4.79 Å². The molecule has 1 atom stereocenters. The molecule has 0 bridgehead atoms. The van der Waals surface area contributed by atoms with E-state index in [9.17, 15) is 19.5 Å². The second-order valence-corrected chi connectivity index (χ2v) is 6.33. The van der Waals surface area contributed by atoms with Crippen LogP contribution in [0, 0.1) is 11.3 Å². The Hall–Kier alpha value is -1.79. The molecule has 0 aromatic heterocycles. The van der Waals surface area contributed by atoms with Gasteiger partial charge in [0.15, 0.2) is 0 Å². The van der Waals surface area contributed by atoms with Gasteiger partial charge in [0.25, 0.3) is 0 Å². The van der Waals surface area contributed by atoms with Crippen molar-refractivity contribution in [2.24, 2.45) is 11.3 Å². The summed E-state index contributed by atoms with van der Waals surface area (Å²) in [6.45, 7) is 6.24. The molecule has 0 aliphatic carbocycles. The van der Waals surface area contributed by atoms with Crippen molar-refractivity contribution < 1.29 is 19.5 Å². The van der Waals surface area contributed by atoms with Crippen LogP contribution in [-0.2, 0) is 9.59 Å². The molecule has 0 fully saturated rings. The summed E-state index contributed by atoms with van der Waals surface area (Å²) in [5.41, 5.74) is -0.126. The van der Waals surface area contributed by atoms with E-state index in [1.54, 1.807) is 7.05 Å². The van der Waals surface area contributed by atoms with Crippen LogP contribution in [0.1, 0.15) is 33.6 Å². The molecule has 0 saturated heterocycles. The number of rotatable bonds is 7. The molecular weight excluding hydrogens is 274 g/mol. The van der Waals surface area contributed by atoms with Crippen molar-refractivity contribution in [2.45, 2.75) is 33.6 Å². The Morgan fingerprint density at radius 2 is 1.81 bits per heavy atom. The number of hydrogen-bond donors (Lipinski definition) is 3. The molecule has 0 aliphatic heterocycles. The molecule has 0 aliphatic rings. The van der Waals surface area contributed by atoms with E-state index in [2.05, 4.69) is 10.6 Å². The van der Waals surface area contributed by atoms with E-state index >= 15 is 0 Å². The van der Waals surface area contributed by atoms with E-state index in [4.69, 9.17) is 0 Å². The largest absolute Gasteiger partial charge is 0.481 e. The summed E-state index contributed by atoms with van der Waals surface area (Å²) in [6, 6.07) is -0.376. The number of nitrogens with one attached hydrogen (secondary N) is 2. The van der Waals surface area contributed by atoms with Crippen LogP contribution in [0.2, 0.25) is 0 Å². The number of nitrogens with zero attached hydrogens (tertiary/aromatic N) is 1. The summed E-state index contributed by atoms with van der Waals surface area (Å²) < 4.78 is 0. The summed E-state index contributed by atoms with van der Waals surface area (Å²) in [7, 11) is 3.10. The Morgan fingerprint density at radius 1 is 1.24 bits per heavy atom. The highest BCUT2D eigenvalue weighted by molar-refractivity contribution is 5.78. The number of carbonyl (C=O) groups is 3. The van der Waals surface area contributed by atoms with E-state index in [1.165, 1.54) is 11.9 Å². The summed E-state index contributed by atoms with van der Waals surface area (Å²) in [5, 5.41) is 14.3. The first kappa shape index (κ1) is 19.2. The second kappa shape index (κ2) is 8.49. The third kappa shape index (κ3) is 8.88. The van der Waals surface area contributed by atoms with Crippen LogP contribution >= 0.6 is 0 Å². The lowest BCUT2D eigenvalue weighted by Gasteiger charge is -2.24. The minimum absolute atomic E-state index is 0.0791. The minimum atomic E-state index is -0.918. The highest BCUT2D eigenvalue weighted by Crippen LogP contribution is 2.24. The first-order chi connectivity index (χ1) is 9.56. The highest BCUT2D eigenvalue weighted by Gasteiger charge is 2.25. The molecule has 0 spiro atoms. The van der Waals surface area contributed by atoms with Crippen molar-refractivity contribution in [3.8, 4) is 0 Å². The topological polar surface area (TPSA) is 98.7 Å².